The van der Waals surface area contributed by atoms with Crippen LogP contribution >= 0.6 is 0 Å². The summed E-state index contributed by atoms with van der Waals surface area (Å²) in [6.45, 7) is 0.410. The number of nitriles is 1. The molecule has 0 radical (unpaired) electrons. The Labute approximate surface area is 201 Å². The van der Waals surface area contributed by atoms with E-state index in [1.54, 1.807) is 6.07 Å². The highest BCUT2D eigenvalue weighted by Crippen LogP contribution is 2.42. The predicted molar refractivity (Wildman–Crippen MR) is 123 cm³/mol. The highest BCUT2D eigenvalue weighted by molar-refractivity contribution is 5.71. The molecular formula is C28H23F2NO4. The van der Waals surface area contributed by atoms with Crippen molar-refractivity contribution in [2.75, 3.05) is 13.7 Å². The van der Waals surface area contributed by atoms with E-state index < -0.39 is 11.6 Å². The first-order valence-electron chi connectivity index (χ1n) is 11.5. The number of halogens is 2. The zero-order valence-corrected chi connectivity index (χ0v) is 19.1. The molecule has 5 nitrogen and oxygen atoms in total. The molecule has 0 saturated heterocycles. The Kier molecular flexibility index (Phi) is 6.12. The van der Waals surface area contributed by atoms with Crippen LogP contribution in [0.5, 0.6) is 11.5 Å². The van der Waals surface area contributed by atoms with Crippen LogP contribution in [0.4, 0.5) is 8.78 Å². The molecule has 7 heteroatoms. The lowest BCUT2D eigenvalue weighted by Gasteiger charge is -2.17. The SMILES string of the molecule is COC(=O)CC1COc2cc(O[C@@H]3CCc4c3ccc(C#N)c4Cc3c(F)cccc3F)ccc21. The summed E-state index contributed by atoms with van der Waals surface area (Å²) >= 11 is 0. The van der Waals surface area contributed by atoms with E-state index in [1.165, 1.54) is 25.3 Å². The van der Waals surface area contributed by atoms with Gasteiger partial charge in [0.25, 0.3) is 0 Å². The number of fused-ring (bicyclic) bond motifs is 2. The van der Waals surface area contributed by atoms with E-state index in [-0.39, 0.29) is 36.4 Å². The molecule has 5 rings (SSSR count). The second kappa shape index (κ2) is 9.38. The third-order valence-corrected chi connectivity index (χ3v) is 6.79. The summed E-state index contributed by atoms with van der Waals surface area (Å²) in [6.07, 6.45) is 1.33. The van der Waals surface area contributed by atoms with Crippen LogP contribution in [0.2, 0.25) is 0 Å². The lowest BCUT2D eigenvalue weighted by atomic mass is 9.92. The van der Waals surface area contributed by atoms with Gasteiger partial charge in [-0.3, -0.25) is 4.79 Å². The number of ether oxygens (including phenoxy) is 3. The molecule has 0 bridgehead atoms. The molecule has 0 amide bonds. The van der Waals surface area contributed by atoms with Gasteiger partial charge in [0, 0.05) is 29.5 Å². The largest absolute Gasteiger partial charge is 0.492 e. The predicted octanol–water partition coefficient (Wildman–Crippen LogP) is 5.53. The minimum atomic E-state index is -0.624. The lowest BCUT2D eigenvalue weighted by molar-refractivity contribution is -0.141. The number of benzene rings is 3. The highest BCUT2D eigenvalue weighted by atomic mass is 19.1. The average molecular weight is 475 g/mol. The normalized spacial score (nSPS) is 17.8. The minimum Gasteiger partial charge on any atom is -0.492 e. The van der Waals surface area contributed by atoms with E-state index in [4.69, 9.17) is 14.2 Å². The third-order valence-electron chi connectivity index (χ3n) is 6.79. The van der Waals surface area contributed by atoms with Gasteiger partial charge in [0.05, 0.1) is 31.8 Å². The van der Waals surface area contributed by atoms with Crippen molar-refractivity contribution in [2.24, 2.45) is 0 Å². The maximum absolute atomic E-state index is 14.3. The van der Waals surface area contributed by atoms with Gasteiger partial charge >= 0.3 is 5.97 Å². The van der Waals surface area contributed by atoms with Crippen molar-refractivity contribution in [1.29, 1.82) is 5.26 Å². The summed E-state index contributed by atoms with van der Waals surface area (Å²) in [5.74, 6) is -0.264. The highest BCUT2D eigenvalue weighted by Gasteiger charge is 2.30. The maximum Gasteiger partial charge on any atom is 0.306 e. The Balaban J connectivity index is 1.40. The van der Waals surface area contributed by atoms with Gasteiger partial charge in [-0.05, 0) is 53.8 Å². The summed E-state index contributed by atoms with van der Waals surface area (Å²) in [7, 11) is 1.37. The zero-order valence-electron chi connectivity index (χ0n) is 19.1. The molecule has 178 valence electrons. The maximum atomic E-state index is 14.3. The van der Waals surface area contributed by atoms with E-state index in [0.29, 0.717) is 42.1 Å². The summed E-state index contributed by atoms with van der Waals surface area (Å²) in [5, 5.41) is 9.64. The Morgan fingerprint density at radius 2 is 1.89 bits per heavy atom. The minimum absolute atomic E-state index is 0.00552. The smallest absolute Gasteiger partial charge is 0.306 e. The van der Waals surface area contributed by atoms with Crippen LogP contribution < -0.4 is 9.47 Å². The van der Waals surface area contributed by atoms with Crippen molar-refractivity contribution in [1.82, 2.24) is 0 Å². The molecule has 1 unspecified atom stereocenters. The van der Waals surface area contributed by atoms with Gasteiger partial charge in [-0.1, -0.05) is 18.2 Å². The summed E-state index contributed by atoms with van der Waals surface area (Å²) in [5.41, 5.74) is 3.78. The van der Waals surface area contributed by atoms with Crippen LogP contribution in [-0.2, 0) is 22.4 Å². The fourth-order valence-corrected chi connectivity index (χ4v) is 4.99. The molecule has 2 atom stereocenters. The molecule has 1 heterocycles. The van der Waals surface area contributed by atoms with Crippen molar-refractivity contribution in [3.8, 4) is 17.6 Å². The summed E-state index contributed by atoms with van der Waals surface area (Å²) < 4.78 is 45.5. The standard InChI is InChI=1S/C28H23F2NO4/c1-33-28(32)11-17-15-34-27-12-18(6-8-19(17)27)35-26-10-9-20-21(26)7-5-16(14-31)22(20)13-23-24(29)3-2-4-25(23)30/h2-8,12,17,26H,9-11,13,15H2,1H3/t17?,26-/m1/s1. The first-order valence-corrected chi connectivity index (χ1v) is 11.5. The molecule has 3 aromatic carbocycles. The van der Waals surface area contributed by atoms with Crippen LogP contribution in [-0.4, -0.2) is 19.7 Å². The zero-order chi connectivity index (χ0) is 24.5. The molecule has 0 saturated carbocycles. The van der Waals surface area contributed by atoms with Gasteiger partial charge in [0.1, 0.15) is 29.2 Å². The molecule has 0 N–H and O–H groups in total. The number of carbonyl (C=O) groups is 1. The van der Waals surface area contributed by atoms with Gasteiger partial charge < -0.3 is 14.2 Å². The van der Waals surface area contributed by atoms with Gasteiger partial charge in [-0.2, -0.15) is 5.26 Å². The van der Waals surface area contributed by atoms with Crippen molar-refractivity contribution in [2.45, 2.75) is 37.7 Å². The molecule has 2 aliphatic rings. The second-order valence-electron chi connectivity index (χ2n) is 8.78. The Morgan fingerprint density at radius 3 is 2.63 bits per heavy atom. The quantitative estimate of drug-likeness (QED) is 0.439. The van der Waals surface area contributed by atoms with Gasteiger partial charge in [-0.15, -0.1) is 0 Å². The topological polar surface area (TPSA) is 68.6 Å². The molecule has 0 fully saturated rings. The molecule has 0 aromatic heterocycles. The number of methoxy groups -OCH3 is 1. The monoisotopic (exact) mass is 475 g/mol. The second-order valence-corrected chi connectivity index (χ2v) is 8.78. The Bertz CT molecular complexity index is 1330. The molecular weight excluding hydrogens is 452 g/mol. The number of esters is 1. The fourth-order valence-electron chi connectivity index (χ4n) is 4.99. The Hall–Kier alpha value is -3.92. The van der Waals surface area contributed by atoms with Crippen LogP contribution in [0.1, 0.15) is 58.2 Å². The summed E-state index contributed by atoms with van der Waals surface area (Å²) in [6, 6.07) is 15.1. The number of carbonyl (C=O) groups excluding carboxylic acids is 1. The van der Waals surface area contributed by atoms with Crippen LogP contribution in [0.25, 0.3) is 0 Å². The van der Waals surface area contributed by atoms with Gasteiger partial charge in [0.2, 0.25) is 0 Å². The average Bonchev–Trinajstić information content (AvgIpc) is 3.45. The Morgan fingerprint density at radius 1 is 1.11 bits per heavy atom. The van der Waals surface area contributed by atoms with Crippen molar-refractivity contribution in [3.05, 3.63) is 93.5 Å². The van der Waals surface area contributed by atoms with Crippen LogP contribution in [0, 0.1) is 23.0 Å². The number of hydrogen-bond donors (Lipinski definition) is 0. The molecule has 35 heavy (non-hydrogen) atoms. The van der Waals surface area contributed by atoms with E-state index in [1.807, 2.05) is 24.3 Å². The van der Waals surface area contributed by atoms with Gasteiger partial charge in [-0.25, -0.2) is 8.78 Å². The number of nitrogens with zero attached hydrogens (tertiary/aromatic N) is 1. The van der Waals surface area contributed by atoms with Crippen LogP contribution in [0.3, 0.4) is 0 Å². The fraction of sp³-hybridized carbons (Fsp3) is 0.286. The first-order chi connectivity index (χ1) is 17.0. The van der Waals surface area contributed by atoms with Crippen molar-refractivity contribution in [3.63, 3.8) is 0 Å². The number of hydrogen-bond acceptors (Lipinski definition) is 5. The van der Waals surface area contributed by atoms with E-state index >= 15 is 0 Å². The first kappa shape index (κ1) is 22.9. The number of rotatable bonds is 6. The molecule has 3 aromatic rings. The van der Waals surface area contributed by atoms with E-state index in [9.17, 15) is 18.8 Å². The van der Waals surface area contributed by atoms with Crippen molar-refractivity contribution >= 4 is 5.97 Å². The van der Waals surface area contributed by atoms with E-state index in [0.717, 1.165) is 16.7 Å². The molecule has 0 spiro atoms. The third kappa shape index (κ3) is 4.32. The van der Waals surface area contributed by atoms with Gasteiger partial charge in [0.15, 0.2) is 0 Å². The van der Waals surface area contributed by atoms with E-state index in [2.05, 4.69) is 6.07 Å². The molecule has 1 aliphatic carbocycles. The van der Waals surface area contributed by atoms with Crippen LogP contribution in [0.15, 0.2) is 48.5 Å². The molecule has 1 aliphatic heterocycles. The summed E-state index contributed by atoms with van der Waals surface area (Å²) in [4.78, 5) is 11.7. The van der Waals surface area contributed by atoms with Crippen molar-refractivity contribution < 1.29 is 27.8 Å². The lowest BCUT2D eigenvalue weighted by Crippen LogP contribution is -2.09.